The maximum absolute atomic E-state index is 13.8. The van der Waals surface area contributed by atoms with Crippen LogP contribution in [0, 0.1) is 11.8 Å². The number of anilines is 4. The number of aliphatic hydroxyl groups excluding tert-OH is 2. The van der Waals surface area contributed by atoms with Crippen LogP contribution < -0.4 is 40.2 Å². The third-order valence-electron chi connectivity index (χ3n) is 16.6. The number of methoxy groups -OCH3 is 2. The highest BCUT2D eigenvalue weighted by molar-refractivity contribution is 7.89. The number of sulfonamides is 2. The van der Waals surface area contributed by atoms with E-state index in [1.807, 2.05) is 85.9 Å². The fourth-order valence-corrected chi connectivity index (χ4v) is 13.4. The summed E-state index contributed by atoms with van der Waals surface area (Å²) in [6, 6.07) is 34.7. The van der Waals surface area contributed by atoms with Crippen molar-refractivity contribution in [2.75, 3.05) is 89.0 Å². The number of carbonyl (C=O) groups is 4. The van der Waals surface area contributed by atoms with Crippen molar-refractivity contribution in [1.82, 2.24) is 27.5 Å². The second-order valence-electron chi connectivity index (χ2n) is 23.0. The Morgan fingerprint density at radius 3 is 1.23 bits per heavy atom. The SMILES string of the molecule is COc1ccc(S(=O)(=O)N(C)CC2Oc3c(NC(=O)Nc4cccc5c4ccn5C)cccc3C(=O)N(C(C)CO)CC2C)cc1.COc1ccc(S(=O)(=O)N(C)C[C@@H]2Oc3c(NC(=O)Nc4cccc5c4ccn5C)cccc3C(=O)N([C@@H](C)CO)C[C@H]2C)cc1. The van der Waals surface area contributed by atoms with Gasteiger partial charge in [-0.25, -0.2) is 26.4 Å². The number of aliphatic hydroxyl groups is 2. The molecular formula is C66H78N10O14S2. The van der Waals surface area contributed by atoms with Gasteiger partial charge in [0.2, 0.25) is 20.0 Å². The summed E-state index contributed by atoms with van der Waals surface area (Å²) in [4.78, 5) is 57.6. The van der Waals surface area contributed by atoms with Gasteiger partial charge in [0, 0.05) is 87.3 Å². The van der Waals surface area contributed by atoms with Gasteiger partial charge in [-0.15, -0.1) is 0 Å². The molecule has 0 saturated heterocycles. The van der Waals surface area contributed by atoms with Gasteiger partial charge >= 0.3 is 12.1 Å². The summed E-state index contributed by atoms with van der Waals surface area (Å²) in [5, 5.41) is 33.1. The number of likely N-dealkylation sites (N-methyl/N-ethyl adjacent to an activating group) is 2. The minimum Gasteiger partial charge on any atom is -0.497 e. The number of urea groups is 2. The molecule has 10 rings (SSSR count). The van der Waals surface area contributed by atoms with Gasteiger partial charge in [-0.2, -0.15) is 8.61 Å². The molecule has 6 N–H and O–H groups in total. The Hall–Kier alpha value is -9.18. The first-order valence-corrected chi connectivity index (χ1v) is 32.6. The molecule has 0 saturated carbocycles. The first kappa shape index (κ1) is 67.2. The molecule has 0 fully saturated rings. The van der Waals surface area contributed by atoms with Crippen molar-refractivity contribution in [1.29, 1.82) is 0 Å². The number of carbonyl (C=O) groups excluding carboxylic acids is 4. The van der Waals surface area contributed by atoms with E-state index in [-0.39, 0.29) is 107 Å². The highest BCUT2D eigenvalue weighted by Crippen LogP contribution is 2.38. The predicted molar refractivity (Wildman–Crippen MR) is 352 cm³/mol. The summed E-state index contributed by atoms with van der Waals surface area (Å²) < 4.78 is 83.7. The lowest BCUT2D eigenvalue weighted by atomic mass is 9.99. The van der Waals surface area contributed by atoms with Crippen molar-refractivity contribution < 1.29 is 65.2 Å². The quantitative estimate of drug-likeness (QED) is 0.0469. The summed E-state index contributed by atoms with van der Waals surface area (Å²) in [6.07, 6.45) is 2.34. The van der Waals surface area contributed by atoms with Crippen LogP contribution in [0.15, 0.2) is 156 Å². The molecule has 4 heterocycles. The minimum atomic E-state index is -3.91. The lowest BCUT2D eigenvalue weighted by Crippen LogP contribution is -2.50. The molecule has 0 aliphatic carbocycles. The fourth-order valence-electron chi connectivity index (χ4n) is 11.1. The van der Waals surface area contributed by atoms with Gasteiger partial charge in [-0.1, -0.05) is 38.1 Å². The molecule has 2 aliphatic rings. The average molecular weight is 1300 g/mol. The van der Waals surface area contributed by atoms with Crippen molar-refractivity contribution in [3.05, 3.63) is 157 Å². The number of hydrogen-bond acceptors (Lipinski definition) is 14. The maximum Gasteiger partial charge on any atom is 0.323 e. The van der Waals surface area contributed by atoms with E-state index in [1.165, 1.54) is 61.2 Å². The molecule has 6 atom stereocenters. The lowest BCUT2D eigenvalue weighted by Gasteiger charge is -2.38. The Morgan fingerprint density at radius 2 is 0.880 bits per heavy atom. The number of aromatic nitrogens is 2. The zero-order valence-electron chi connectivity index (χ0n) is 52.9. The molecule has 24 nitrogen and oxygen atoms in total. The molecule has 92 heavy (non-hydrogen) atoms. The van der Waals surface area contributed by atoms with Gasteiger partial charge in [0.05, 0.1) is 96.3 Å². The number of benzene rings is 6. The van der Waals surface area contributed by atoms with Crippen LogP contribution in [0.3, 0.4) is 0 Å². The van der Waals surface area contributed by atoms with Crippen molar-refractivity contribution in [3.8, 4) is 23.0 Å². The van der Waals surface area contributed by atoms with Crippen LogP contribution >= 0.6 is 0 Å². The van der Waals surface area contributed by atoms with Crippen molar-refractivity contribution in [3.63, 3.8) is 0 Å². The molecule has 26 heteroatoms. The van der Waals surface area contributed by atoms with E-state index in [4.69, 9.17) is 18.9 Å². The van der Waals surface area contributed by atoms with Crippen LogP contribution in [0.2, 0.25) is 0 Å². The van der Waals surface area contributed by atoms with Crippen LogP contribution in [-0.2, 0) is 34.1 Å². The van der Waals surface area contributed by atoms with Crippen LogP contribution in [0.4, 0.5) is 32.3 Å². The van der Waals surface area contributed by atoms with Gasteiger partial charge in [0.1, 0.15) is 23.7 Å². The fraction of sp³-hybridized carbons (Fsp3) is 0.333. The van der Waals surface area contributed by atoms with E-state index in [2.05, 4.69) is 21.3 Å². The maximum atomic E-state index is 13.8. The standard InChI is InChI=1S/2C33H39N5O7S/c2*1-21-18-38(22(2)20-39)32(40)26-8-6-10-28(35-33(41)34-27-9-7-11-29-25(27)16-17-36(29)3)31(26)45-30(21)19-37(4)46(42,43)24-14-12-23(44-5)13-15-24/h2*6-17,21-22,30,39H,18-20H2,1-5H3,(H2,34,35,41)/t21-,22+,30+;/m1./s1. The Bertz CT molecular complexity index is 3950. The average Bonchev–Trinajstić information content (AvgIpc) is 1.20. The summed E-state index contributed by atoms with van der Waals surface area (Å²) in [5.41, 5.74) is 3.93. The Kier molecular flexibility index (Phi) is 20.9. The number of nitrogens with one attached hydrogen (secondary N) is 4. The van der Waals surface area contributed by atoms with E-state index in [0.717, 1.165) is 21.8 Å². The van der Waals surface area contributed by atoms with E-state index in [9.17, 15) is 46.2 Å². The van der Waals surface area contributed by atoms with Crippen LogP contribution in [0.1, 0.15) is 48.4 Å². The number of para-hydroxylation sites is 2. The number of fused-ring (bicyclic) bond motifs is 4. The number of ether oxygens (including phenoxy) is 4. The highest BCUT2D eigenvalue weighted by Gasteiger charge is 2.39. The first-order chi connectivity index (χ1) is 43.9. The summed E-state index contributed by atoms with van der Waals surface area (Å²) in [6.45, 7) is 6.97. The molecule has 3 unspecified atom stereocenters. The first-order valence-electron chi connectivity index (χ1n) is 29.8. The number of rotatable bonds is 18. The number of hydrogen-bond donors (Lipinski definition) is 6. The van der Waals surface area contributed by atoms with Gasteiger partial charge < -0.3 is 69.4 Å². The van der Waals surface area contributed by atoms with E-state index >= 15 is 0 Å². The van der Waals surface area contributed by atoms with Gasteiger partial charge in [0.15, 0.2) is 11.5 Å². The predicted octanol–water partition coefficient (Wildman–Crippen LogP) is 8.74. The molecule has 2 aliphatic heterocycles. The monoisotopic (exact) mass is 1300 g/mol. The van der Waals surface area contributed by atoms with E-state index in [0.29, 0.717) is 22.9 Å². The molecule has 488 valence electrons. The zero-order valence-corrected chi connectivity index (χ0v) is 54.5. The van der Waals surface area contributed by atoms with Crippen molar-refractivity contribution in [2.24, 2.45) is 25.9 Å². The normalized spacial score (nSPS) is 17.5. The van der Waals surface area contributed by atoms with Crippen LogP contribution in [0.5, 0.6) is 23.0 Å². The highest BCUT2D eigenvalue weighted by atomic mass is 32.2. The lowest BCUT2D eigenvalue weighted by molar-refractivity contribution is 0.0384. The second kappa shape index (κ2) is 28.5. The van der Waals surface area contributed by atoms with Crippen molar-refractivity contribution in [2.45, 2.75) is 61.8 Å². The van der Waals surface area contributed by atoms with Gasteiger partial charge in [-0.3, -0.25) is 9.59 Å². The minimum absolute atomic E-state index is 0.0545. The summed E-state index contributed by atoms with van der Waals surface area (Å²) in [5.74, 6) is -0.192. The van der Waals surface area contributed by atoms with Gasteiger partial charge in [-0.05, 0) is 123 Å². The summed E-state index contributed by atoms with van der Waals surface area (Å²) in [7, 11) is 1.95. The molecule has 0 radical (unpaired) electrons. The molecular weight excluding hydrogens is 1220 g/mol. The van der Waals surface area contributed by atoms with Crippen molar-refractivity contribution >= 4 is 88.5 Å². The molecule has 6 amide bonds. The van der Waals surface area contributed by atoms with E-state index in [1.54, 1.807) is 96.4 Å². The Balaban J connectivity index is 0.000000217. The summed E-state index contributed by atoms with van der Waals surface area (Å²) >= 11 is 0. The topological polar surface area (TPSA) is 285 Å². The molecule has 0 spiro atoms. The number of nitrogens with zero attached hydrogens (tertiary/aromatic N) is 6. The second-order valence-corrected chi connectivity index (χ2v) is 27.1. The molecule has 2 aromatic heterocycles. The smallest absolute Gasteiger partial charge is 0.323 e. The molecule has 8 aromatic rings. The Labute approximate surface area is 535 Å². The zero-order chi connectivity index (χ0) is 66.3. The molecule has 0 bridgehead atoms. The third kappa shape index (κ3) is 14.4. The number of aryl methyl sites for hydroxylation is 2. The third-order valence-corrected chi connectivity index (χ3v) is 20.3. The number of amides is 6. The van der Waals surface area contributed by atoms with Crippen LogP contribution in [-0.4, -0.2) is 170 Å². The van der Waals surface area contributed by atoms with Crippen LogP contribution in [0.25, 0.3) is 21.8 Å². The molecule has 6 aromatic carbocycles. The largest absolute Gasteiger partial charge is 0.497 e. The Morgan fingerprint density at radius 1 is 0.543 bits per heavy atom. The van der Waals surface area contributed by atoms with E-state index < -0.39 is 56.4 Å². The van der Waals surface area contributed by atoms with Gasteiger partial charge in [0.25, 0.3) is 11.8 Å².